The van der Waals surface area contributed by atoms with Crippen molar-refractivity contribution in [1.29, 1.82) is 0 Å². The minimum absolute atomic E-state index is 0.0535. The topological polar surface area (TPSA) is 76.4 Å². The van der Waals surface area contributed by atoms with Gasteiger partial charge in [-0.25, -0.2) is 0 Å². The average molecular weight is 544 g/mol. The lowest BCUT2D eigenvalue weighted by Crippen LogP contribution is -2.51. The van der Waals surface area contributed by atoms with Crippen LogP contribution in [-0.2, 0) is 9.53 Å². The molecule has 3 fully saturated rings. The van der Waals surface area contributed by atoms with Gasteiger partial charge in [-0.1, -0.05) is 65.5 Å². The van der Waals surface area contributed by atoms with Crippen molar-refractivity contribution >= 4 is 5.97 Å². The lowest BCUT2D eigenvalue weighted by atomic mass is 9.47. The predicted molar refractivity (Wildman–Crippen MR) is 162 cm³/mol. The molecule has 3 saturated carbocycles. The third kappa shape index (κ3) is 7.12. The summed E-state index contributed by atoms with van der Waals surface area (Å²) in [4.78, 5) is 12.5. The lowest BCUT2D eigenvalue weighted by molar-refractivity contribution is -0.150. The highest BCUT2D eigenvalue weighted by Crippen LogP contribution is 2.67. The minimum atomic E-state index is -0.0965. The largest absolute Gasteiger partial charge is 0.461 e. The van der Waals surface area contributed by atoms with Gasteiger partial charge in [0.1, 0.15) is 6.10 Å². The molecule has 5 heteroatoms. The molecule has 39 heavy (non-hydrogen) atoms. The van der Waals surface area contributed by atoms with Crippen LogP contribution in [-0.4, -0.2) is 44.8 Å². The maximum atomic E-state index is 12.5. The van der Waals surface area contributed by atoms with E-state index >= 15 is 0 Å². The molecule has 0 aromatic rings. The molecule has 0 amide bonds. The number of carbonyl (C=O) groups excluding carboxylic acids is 1. The Labute approximate surface area is 240 Å². The van der Waals surface area contributed by atoms with Gasteiger partial charge in [-0.15, -0.1) is 0 Å². The first kappa shape index (κ1) is 31.0. The van der Waals surface area contributed by atoms with Gasteiger partial charge in [-0.2, -0.15) is 0 Å². The van der Waals surface area contributed by atoms with Crippen LogP contribution in [0.1, 0.15) is 112 Å². The fourth-order valence-corrected chi connectivity index (χ4v) is 9.74. The molecule has 0 unspecified atom stereocenters. The second-order valence-corrected chi connectivity index (χ2v) is 14.7. The van der Waals surface area contributed by atoms with Crippen LogP contribution in [0.3, 0.4) is 0 Å². The second-order valence-electron chi connectivity index (χ2n) is 14.7. The van der Waals surface area contributed by atoms with Gasteiger partial charge in [-0.05, 0) is 111 Å². The summed E-state index contributed by atoms with van der Waals surface area (Å²) in [6.07, 6.45) is 18.0. The second kappa shape index (κ2) is 13.8. The van der Waals surface area contributed by atoms with Crippen molar-refractivity contribution in [1.82, 2.24) is 10.6 Å². The first-order valence-electron chi connectivity index (χ1n) is 16.7. The Balaban J connectivity index is 1.29. The van der Waals surface area contributed by atoms with Crippen molar-refractivity contribution in [2.75, 3.05) is 32.7 Å². The molecule has 0 aromatic heterocycles. The molecule has 8 atom stereocenters. The van der Waals surface area contributed by atoms with E-state index in [0.29, 0.717) is 23.9 Å². The van der Waals surface area contributed by atoms with E-state index in [1.807, 2.05) is 0 Å². The summed E-state index contributed by atoms with van der Waals surface area (Å²) < 4.78 is 5.96. The van der Waals surface area contributed by atoms with E-state index in [9.17, 15) is 4.79 Å². The SMILES string of the molecule is CC(C)CCC[C@@H](C)[C@H]1CC[C@H]2[C@@H]3CC=C4C[C@@H](OC(=O)CNCCCNCCN)CC[C@]4(C)[C@H]3CC[C@]12C. The smallest absolute Gasteiger partial charge is 0.320 e. The number of rotatable bonds is 14. The van der Waals surface area contributed by atoms with E-state index in [-0.39, 0.29) is 12.1 Å². The van der Waals surface area contributed by atoms with E-state index in [1.165, 1.54) is 57.8 Å². The van der Waals surface area contributed by atoms with Crippen molar-refractivity contribution in [3.63, 3.8) is 0 Å². The van der Waals surface area contributed by atoms with Crippen LogP contribution in [0.4, 0.5) is 0 Å². The van der Waals surface area contributed by atoms with E-state index < -0.39 is 0 Å². The highest BCUT2D eigenvalue weighted by Gasteiger charge is 2.59. The summed E-state index contributed by atoms with van der Waals surface area (Å²) in [5, 5.41) is 6.53. The molecule has 4 N–H and O–H groups in total. The van der Waals surface area contributed by atoms with Crippen molar-refractivity contribution in [2.24, 2.45) is 52.1 Å². The maximum Gasteiger partial charge on any atom is 0.320 e. The summed E-state index contributed by atoms with van der Waals surface area (Å²) in [6.45, 7) is 16.1. The van der Waals surface area contributed by atoms with Gasteiger partial charge < -0.3 is 21.1 Å². The highest BCUT2D eigenvalue weighted by molar-refractivity contribution is 5.71. The van der Waals surface area contributed by atoms with Crippen LogP contribution in [0.2, 0.25) is 0 Å². The Morgan fingerprint density at radius 2 is 1.79 bits per heavy atom. The zero-order valence-corrected chi connectivity index (χ0v) is 26.0. The standard InChI is InChI=1S/C34H61N3O2/c1-24(2)8-6-9-25(3)29-12-13-30-28-11-10-26-22-27(39-32(38)23-37-20-7-19-36-21-18-35)14-16-33(26,4)31(28)15-17-34(29,30)5/h10,24-25,27-31,36-37H,6-9,11-23,35H2,1-5H3/t25-,27+,28+,29-,30+,31+,33+,34-/m1/s1. The molecule has 224 valence electrons. The van der Waals surface area contributed by atoms with Gasteiger partial charge in [0, 0.05) is 19.5 Å². The number of carbonyl (C=O) groups is 1. The highest BCUT2D eigenvalue weighted by atomic mass is 16.5. The molecule has 4 aliphatic rings. The third-order valence-corrected chi connectivity index (χ3v) is 11.9. The van der Waals surface area contributed by atoms with Crippen LogP contribution < -0.4 is 16.4 Å². The summed E-state index contributed by atoms with van der Waals surface area (Å²) in [5.74, 6) is 5.09. The van der Waals surface area contributed by atoms with Gasteiger partial charge >= 0.3 is 5.97 Å². The first-order chi connectivity index (χ1) is 18.7. The van der Waals surface area contributed by atoms with Gasteiger partial charge in [0.2, 0.25) is 0 Å². The molecular formula is C34H61N3O2. The molecule has 0 bridgehead atoms. The normalized spacial score (nSPS) is 36.6. The molecular weight excluding hydrogens is 482 g/mol. The van der Waals surface area contributed by atoms with Crippen molar-refractivity contribution in [3.8, 4) is 0 Å². The van der Waals surface area contributed by atoms with Crippen molar-refractivity contribution < 1.29 is 9.53 Å². The number of hydrogen-bond acceptors (Lipinski definition) is 5. The van der Waals surface area contributed by atoms with Gasteiger partial charge in [0.25, 0.3) is 0 Å². The zero-order chi connectivity index (χ0) is 28.0. The first-order valence-corrected chi connectivity index (χ1v) is 16.7. The molecule has 0 saturated heterocycles. The molecule has 4 aliphatic carbocycles. The quantitative estimate of drug-likeness (QED) is 0.133. The Hall–Kier alpha value is -0.910. The molecule has 0 radical (unpaired) electrons. The fourth-order valence-electron chi connectivity index (χ4n) is 9.74. The van der Waals surface area contributed by atoms with Crippen LogP contribution in [0.5, 0.6) is 0 Å². The van der Waals surface area contributed by atoms with Crippen molar-refractivity contribution in [2.45, 2.75) is 118 Å². The Morgan fingerprint density at radius 1 is 1.00 bits per heavy atom. The van der Waals surface area contributed by atoms with Crippen molar-refractivity contribution in [3.05, 3.63) is 11.6 Å². The number of fused-ring (bicyclic) bond motifs is 5. The van der Waals surface area contributed by atoms with Crippen LogP contribution >= 0.6 is 0 Å². The van der Waals surface area contributed by atoms with Gasteiger partial charge in [0.05, 0.1) is 6.54 Å². The Kier molecular flexibility index (Phi) is 11.0. The third-order valence-electron chi connectivity index (χ3n) is 11.9. The van der Waals surface area contributed by atoms with E-state index in [2.05, 4.69) is 51.3 Å². The summed E-state index contributed by atoms with van der Waals surface area (Å²) in [6, 6.07) is 0. The minimum Gasteiger partial charge on any atom is -0.461 e. The number of esters is 1. The van der Waals surface area contributed by atoms with Gasteiger partial charge in [0.15, 0.2) is 0 Å². The monoisotopic (exact) mass is 543 g/mol. The number of nitrogens with one attached hydrogen (secondary N) is 2. The Morgan fingerprint density at radius 3 is 2.56 bits per heavy atom. The molecule has 0 heterocycles. The average Bonchev–Trinajstić information content (AvgIpc) is 3.25. The zero-order valence-electron chi connectivity index (χ0n) is 26.0. The summed E-state index contributed by atoms with van der Waals surface area (Å²) in [5.41, 5.74) is 7.95. The number of hydrogen-bond donors (Lipinski definition) is 3. The number of nitrogens with two attached hydrogens (primary N) is 1. The summed E-state index contributed by atoms with van der Waals surface area (Å²) >= 11 is 0. The fraction of sp³-hybridized carbons (Fsp3) is 0.912. The van der Waals surface area contributed by atoms with Crippen LogP contribution in [0, 0.1) is 46.3 Å². The van der Waals surface area contributed by atoms with Crippen LogP contribution in [0.15, 0.2) is 11.6 Å². The lowest BCUT2D eigenvalue weighted by Gasteiger charge is -2.58. The maximum absolute atomic E-state index is 12.5. The van der Waals surface area contributed by atoms with E-state index in [1.54, 1.807) is 5.57 Å². The molecule has 5 nitrogen and oxygen atoms in total. The molecule has 0 aliphatic heterocycles. The molecule has 0 aromatic carbocycles. The predicted octanol–water partition coefficient (Wildman–Crippen LogP) is 6.47. The van der Waals surface area contributed by atoms with Crippen LogP contribution in [0.25, 0.3) is 0 Å². The number of allylic oxidation sites excluding steroid dienone is 1. The van der Waals surface area contributed by atoms with Gasteiger partial charge in [-0.3, -0.25) is 4.79 Å². The summed E-state index contributed by atoms with van der Waals surface area (Å²) in [7, 11) is 0. The molecule has 4 rings (SSSR count). The van der Waals surface area contributed by atoms with E-state index in [0.717, 1.165) is 74.4 Å². The molecule has 0 spiro atoms. The Bertz CT molecular complexity index is 827. The van der Waals surface area contributed by atoms with E-state index in [4.69, 9.17) is 10.5 Å². The number of ether oxygens (including phenoxy) is 1.